The number of pyridine rings is 1. The van der Waals surface area contributed by atoms with Crippen LogP contribution in [0.3, 0.4) is 0 Å². The molecule has 8 nitrogen and oxygen atoms in total. The molecule has 2 heterocycles. The quantitative estimate of drug-likeness (QED) is 0.544. The first kappa shape index (κ1) is 18.5. The summed E-state index contributed by atoms with van der Waals surface area (Å²) in [5.74, 6) is 1.13. The molecule has 2 rings (SSSR count). The van der Waals surface area contributed by atoms with Crippen molar-refractivity contribution in [1.29, 1.82) is 0 Å². The number of anilines is 1. The summed E-state index contributed by atoms with van der Waals surface area (Å²) in [4.78, 5) is 10.5. The van der Waals surface area contributed by atoms with E-state index in [1.54, 1.807) is 6.20 Å². The summed E-state index contributed by atoms with van der Waals surface area (Å²) in [5, 5.41) is 2.94. The first-order valence-corrected chi connectivity index (χ1v) is 9.69. The maximum Gasteiger partial charge on any atom is 0.216 e. The molecule has 9 heteroatoms. The van der Waals surface area contributed by atoms with E-state index >= 15 is 0 Å². The minimum absolute atomic E-state index is 0.0307. The van der Waals surface area contributed by atoms with E-state index in [0.29, 0.717) is 26.2 Å². The zero-order valence-electron chi connectivity index (χ0n) is 14.2. The van der Waals surface area contributed by atoms with Gasteiger partial charge in [-0.2, -0.15) is 4.31 Å². The molecule has 1 aromatic rings. The number of nitrogens with two attached hydrogens (primary N) is 1. The smallest absolute Gasteiger partial charge is 0.216 e. The average Bonchev–Trinajstić information content (AvgIpc) is 2.55. The van der Waals surface area contributed by atoms with Crippen molar-refractivity contribution in [2.75, 3.05) is 43.4 Å². The lowest BCUT2D eigenvalue weighted by Gasteiger charge is -2.34. The highest BCUT2D eigenvalue weighted by molar-refractivity contribution is 7.89. The van der Waals surface area contributed by atoms with Crippen molar-refractivity contribution >= 4 is 21.8 Å². The Morgan fingerprint density at radius 3 is 2.62 bits per heavy atom. The molecule has 0 spiro atoms. The Balaban J connectivity index is 1.84. The number of nitrogens with one attached hydrogen (secondary N) is 1. The number of rotatable bonds is 6. The summed E-state index contributed by atoms with van der Waals surface area (Å²) >= 11 is 0. The van der Waals surface area contributed by atoms with Crippen molar-refractivity contribution in [3.05, 3.63) is 24.4 Å². The number of nitrogens with zero attached hydrogens (tertiary/aromatic N) is 4. The second kappa shape index (κ2) is 8.29. The number of guanidine groups is 1. The zero-order valence-corrected chi connectivity index (χ0v) is 15.0. The predicted octanol–water partition coefficient (Wildman–Crippen LogP) is -0.154. The van der Waals surface area contributed by atoms with E-state index < -0.39 is 10.0 Å². The fourth-order valence-corrected chi connectivity index (χ4v) is 3.79. The van der Waals surface area contributed by atoms with Gasteiger partial charge in [0.05, 0.1) is 12.3 Å². The van der Waals surface area contributed by atoms with Crippen LogP contribution in [0.2, 0.25) is 0 Å². The summed E-state index contributed by atoms with van der Waals surface area (Å²) in [6, 6.07) is 5.90. The third-order valence-corrected chi connectivity index (χ3v) is 5.52. The molecule has 1 aromatic heterocycles. The summed E-state index contributed by atoms with van der Waals surface area (Å²) in [5.41, 5.74) is 5.68. The highest BCUT2D eigenvalue weighted by Gasteiger charge is 2.26. The standard InChI is InChI=1S/C15H26N6O2S/c1-13(2)19-15(16)18-7-12-24(22,23)21-10-8-20(9-11-21)14-5-3-4-6-17-14/h3-6,13H,7-12H2,1-2H3,(H3,16,18,19). The molecule has 3 N–H and O–H groups in total. The minimum atomic E-state index is -3.32. The van der Waals surface area contributed by atoms with Crippen LogP contribution in [0.5, 0.6) is 0 Å². The number of hydrogen-bond acceptors (Lipinski definition) is 5. The van der Waals surface area contributed by atoms with Crippen LogP contribution in [0, 0.1) is 0 Å². The molecular formula is C15H26N6O2S. The highest BCUT2D eigenvalue weighted by atomic mass is 32.2. The molecule has 0 radical (unpaired) electrons. The van der Waals surface area contributed by atoms with E-state index in [0.717, 1.165) is 5.82 Å². The third-order valence-electron chi connectivity index (χ3n) is 3.67. The first-order valence-electron chi connectivity index (χ1n) is 8.09. The van der Waals surface area contributed by atoms with E-state index in [4.69, 9.17) is 5.73 Å². The second-order valence-electron chi connectivity index (χ2n) is 5.96. The van der Waals surface area contributed by atoms with Crippen molar-refractivity contribution < 1.29 is 8.42 Å². The van der Waals surface area contributed by atoms with E-state index in [9.17, 15) is 8.42 Å². The van der Waals surface area contributed by atoms with Crippen LogP contribution in [0.15, 0.2) is 29.4 Å². The van der Waals surface area contributed by atoms with Crippen molar-refractivity contribution in [2.45, 2.75) is 19.9 Å². The van der Waals surface area contributed by atoms with Gasteiger partial charge >= 0.3 is 0 Å². The lowest BCUT2D eigenvalue weighted by molar-refractivity contribution is 0.384. The van der Waals surface area contributed by atoms with Gasteiger partial charge in [0.2, 0.25) is 10.0 Å². The molecule has 24 heavy (non-hydrogen) atoms. The van der Waals surface area contributed by atoms with Gasteiger partial charge in [-0.3, -0.25) is 4.99 Å². The summed E-state index contributed by atoms with van der Waals surface area (Å²) < 4.78 is 26.3. The van der Waals surface area contributed by atoms with Gasteiger partial charge in [0.25, 0.3) is 0 Å². The van der Waals surface area contributed by atoms with Gasteiger partial charge in [0.1, 0.15) is 5.82 Å². The van der Waals surface area contributed by atoms with E-state index in [-0.39, 0.29) is 24.3 Å². The van der Waals surface area contributed by atoms with Gasteiger partial charge < -0.3 is 16.0 Å². The predicted molar refractivity (Wildman–Crippen MR) is 96.6 cm³/mol. The molecule has 1 aliphatic heterocycles. The zero-order chi connectivity index (χ0) is 17.6. The van der Waals surface area contributed by atoms with Crippen LogP contribution in [0.25, 0.3) is 0 Å². The number of piperazine rings is 1. The van der Waals surface area contributed by atoms with Gasteiger partial charge in [0.15, 0.2) is 5.96 Å². The molecular weight excluding hydrogens is 328 g/mol. The fraction of sp³-hybridized carbons (Fsp3) is 0.600. The van der Waals surface area contributed by atoms with E-state index in [2.05, 4.69) is 20.2 Å². The molecule has 1 fully saturated rings. The van der Waals surface area contributed by atoms with Crippen molar-refractivity contribution in [3.8, 4) is 0 Å². The fourth-order valence-electron chi connectivity index (χ4n) is 2.49. The maximum absolute atomic E-state index is 12.4. The summed E-state index contributed by atoms with van der Waals surface area (Å²) in [6.45, 7) is 6.24. The summed E-state index contributed by atoms with van der Waals surface area (Å²) in [7, 11) is -3.32. The maximum atomic E-state index is 12.4. The SMILES string of the molecule is CC(C)NC(N)=NCCS(=O)(=O)N1CCN(c2ccccn2)CC1. The van der Waals surface area contributed by atoms with Crippen LogP contribution >= 0.6 is 0 Å². The van der Waals surface area contributed by atoms with E-state index in [1.165, 1.54) is 4.31 Å². The molecule has 0 amide bonds. The molecule has 0 atom stereocenters. The number of aliphatic imine (C=N–C) groups is 1. The monoisotopic (exact) mass is 354 g/mol. The Kier molecular flexibility index (Phi) is 6.38. The molecule has 0 aromatic carbocycles. The Morgan fingerprint density at radius 1 is 1.33 bits per heavy atom. The number of aromatic nitrogens is 1. The second-order valence-corrected chi connectivity index (χ2v) is 8.04. The van der Waals surface area contributed by atoms with Gasteiger partial charge in [-0.1, -0.05) is 6.07 Å². The average molecular weight is 354 g/mol. The number of sulfonamides is 1. The van der Waals surface area contributed by atoms with Gasteiger partial charge in [-0.05, 0) is 26.0 Å². The van der Waals surface area contributed by atoms with Gasteiger partial charge in [-0.25, -0.2) is 13.4 Å². The van der Waals surface area contributed by atoms with Crippen LogP contribution in [0.4, 0.5) is 5.82 Å². The molecule has 0 aliphatic carbocycles. The van der Waals surface area contributed by atoms with Crippen LogP contribution < -0.4 is 16.0 Å². The van der Waals surface area contributed by atoms with Crippen LogP contribution in [0.1, 0.15) is 13.8 Å². The lowest BCUT2D eigenvalue weighted by Crippen LogP contribution is -2.49. The lowest BCUT2D eigenvalue weighted by atomic mass is 10.3. The molecule has 0 bridgehead atoms. The largest absolute Gasteiger partial charge is 0.370 e. The Bertz CT molecular complexity index is 639. The summed E-state index contributed by atoms with van der Waals surface area (Å²) in [6.07, 6.45) is 1.74. The Labute approximate surface area is 143 Å². The Hall–Kier alpha value is -1.87. The number of hydrogen-bond donors (Lipinski definition) is 2. The first-order chi connectivity index (χ1) is 11.4. The molecule has 1 saturated heterocycles. The topological polar surface area (TPSA) is 104 Å². The van der Waals surface area contributed by atoms with Crippen LogP contribution in [-0.2, 0) is 10.0 Å². The molecule has 0 saturated carbocycles. The Morgan fingerprint density at radius 2 is 2.04 bits per heavy atom. The normalized spacial score (nSPS) is 17.3. The van der Waals surface area contributed by atoms with Crippen molar-refractivity contribution in [3.63, 3.8) is 0 Å². The van der Waals surface area contributed by atoms with Crippen molar-refractivity contribution in [1.82, 2.24) is 14.6 Å². The van der Waals surface area contributed by atoms with E-state index in [1.807, 2.05) is 32.0 Å². The molecule has 134 valence electrons. The van der Waals surface area contributed by atoms with Gasteiger partial charge in [-0.15, -0.1) is 0 Å². The van der Waals surface area contributed by atoms with Crippen LogP contribution in [-0.4, -0.2) is 68.2 Å². The minimum Gasteiger partial charge on any atom is -0.370 e. The van der Waals surface area contributed by atoms with Crippen molar-refractivity contribution in [2.24, 2.45) is 10.7 Å². The molecule has 1 aliphatic rings. The van der Waals surface area contributed by atoms with Gasteiger partial charge in [0, 0.05) is 38.4 Å². The highest BCUT2D eigenvalue weighted by Crippen LogP contribution is 2.14. The molecule has 0 unspecified atom stereocenters. The third kappa shape index (κ3) is 5.34.